The normalized spacial score (nSPS) is 25.5. The molecule has 9 heteroatoms. The Morgan fingerprint density at radius 2 is 1.61 bits per heavy atom. The first-order valence-electron chi connectivity index (χ1n) is 8.58. The summed E-state index contributed by atoms with van der Waals surface area (Å²) in [6, 6.07) is 0. The molecule has 2 aliphatic rings. The number of cyclic esters (lactones) is 2. The van der Waals surface area contributed by atoms with Crippen molar-refractivity contribution in [2.24, 2.45) is 10.8 Å². The van der Waals surface area contributed by atoms with E-state index in [-0.39, 0.29) is 6.42 Å². The summed E-state index contributed by atoms with van der Waals surface area (Å²) in [5.74, 6) is -4.87. The molecule has 2 aliphatic heterocycles. The molecule has 0 aromatic heterocycles. The van der Waals surface area contributed by atoms with Gasteiger partial charge < -0.3 is 23.7 Å². The van der Waals surface area contributed by atoms with E-state index in [0.717, 1.165) is 14.2 Å². The Hall–Kier alpha value is -2.68. The van der Waals surface area contributed by atoms with Crippen LogP contribution in [0.1, 0.15) is 27.2 Å². The van der Waals surface area contributed by atoms with Crippen molar-refractivity contribution in [2.75, 3.05) is 14.2 Å². The molecule has 9 nitrogen and oxygen atoms in total. The Morgan fingerprint density at radius 1 is 1.11 bits per heavy atom. The van der Waals surface area contributed by atoms with Gasteiger partial charge in [-0.1, -0.05) is 18.2 Å². The summed E-state index contributed by atoms with van der Waals surface area (Å²) in [5.41, 5.74) is -3.69. The molecule has 0 aromatic carbocycles. The van der Waals surface area contributed by atoms with E-state index in [9.17, 15) is 19.2 Å². The molecule has 0 amide bonds. The first-order valence-corrected chi connectivity index (χ1v) is 8.58. The van der Waals surface area contributed by atoms with Crippen LogP contribution < -0.4 is 0 Å². The van der Waals surface area contributed by atoms with E-state index in [1.54, 1.807) is 0 Å². The predicted octanol–water partition coefficient (Wildman–Crippen LogP) is 1.06. The van der Waals surface area contributed by atoms with Gasteiger partial charge in [0.05, 0.1) is 14.2 Å². The summed E-state index contributed by atoms with van der Waals surface area (Å²) in [7, 11) is 2.25. The largest absolute Gasteiger partial charge is 0.468 e. The maximum absolute atomic E-state index is 12.6. The van der Waals surface area contributed by atoms with Crippen molar-refractivity contribution in [3.8, 4) is 0 Å². The zero-order chi connectivity index (χ0) is 21.3. The van der Waals surface area contributed by atoms with Gasteiger partial charge in [-0.15, -0.1) is 6.58 Å². The zero-order valence-electron chi connectivity index (χ0n) is 16.5. The Labute approximate surface area is 162 Å². The van der Waals surface area contributed by atoms with Gasteiger partial charge in [0.15, 0.2) is 10.8 Å². The highest BCUT2D eigenvalue weighted by molar-refractivity contribution is 6.03. The molecule has 0 aromatic rings. The lowest BCUT2D eigenvalue weighted by Gasteiger charge is -2.41. The minimum atomic E-state index is -1.88. The molecule has 2 rings (SSSR count). The number of hydrogen-bond acceptors (Lipinski definition) is 9. The van der Waals surface area contributed by atoms with Crippen molar-refractivity contribution in [1.29, 1.82) is 0 Å². The number of ether oxygens (including phenoxy) is 5. The minimum Gasteiger partial charge on any atom is -0.468 e. The Bertz CT molecular complexity index is 698. The molecule has 2 atom stereocenters. The molecule has 1 saturated heterocycles. The highest BCUT2D eigenvalue weighted by Crippen LogP contribution is 2.43. The van der Waals surface area contributed by atoms with Gasteiger partial charge in [-0.3, -0.25) is 19.2 Å². The lowest BCUT2D eigenvalue weighted by atomic mass is 9.78. The summed E-state index contributed by atoms with van der Waals surface area (Å²) < 4.78 is 25.8. The molecule has 0 bridgehead atoms. The van der Waals surface area contributed by atoms with E-state index in [1.165, 1.54) is 39.0 Å². The van der Waals surface area contributed by atoms with Gasteiger partial charge in [0.1, 0.15) is 12.2 Å². The Morgan fingerprint density at radius 3 is 2.04 bits per heavy atom. The third-order valence-corrected chi connectivity index (χ3v) is 4.90. The van der Waals surface area contributed by atoms with Crippen molar-refractivity contribution in [3.63, 3.8) is 0 Å². The molecule has 2 heterocycles. The highest BCUT2D eigenvalue weighted by atomic mass is 16.7. The van der Waals surface area contributed by atoms with Crippen LogP contribution in [0.25, 0.3) is 0 Å². The van der Waals surface area contributed by atoms with E-state index in [2.05, 4.69) is 6.58 Å². The average Bonchev–Trinajstić information content (AvgIpc) is 3.12. The summed E-state index contributed by atoms with van der Waals surface area (Å²) in [4.78, 5) is 50.1. The van der Waals surface area contributed by atoms with Crippen LogP contribution in [0.5, 0.6) is 0 Å². The van der Waals surface area contributed by atoms with Gasteiger partial charge >= 0.3 is 23.9 Å². The number of carbonyl (C=O) groups excluding carboxylic acids is 4. The van der Waals surface area contributed by atoms with Crippen LogP contribution in [-0.2, 0) is 42.9 Å². The van der Waals surface area contributed by atoms with E-state index >= 15 is 0 Å². The fraction of sp³-hybridized carbons (Fsp3) is 0.579. The molecular formula is C19H24O9. The van der Waals surface area contributed by atoms with Crippen LogP contribution in [-0.4, -0.2) is 56.1 Å². The number of hydrogen-bond donors (Lipinski definition) is 0. The maximum atomic E-state index is 12.6. The molecular weight excluding hydrogens is 372 g/mol. The SMILES string of the molecule is C=CCC(C(=O)OC)(C(=O)OC)[C@H]1C=C[C@@H](C2(C)C(=O)OC(C)(C)OC2=O)O1. The van der Waals surface area contributed by atoms with Crippen molar-refractivity contribution in [3.05, 3.63) is 24.8 Å². The second kappa shape index (κ2) is 7.38. The van der Waals surface area contributed by atoms with Crippen LogP contribution in [0.15, 0.2) is 24.8 Å². The molecule has 0 spiro atoms. The van der Waals surface area contributed by atoms with Gasteiger partial charge in [-0.25, -0.2) is 0 Å². The van der Waals surface area contributed by atoms with Crippen LogP contribution in [0.2, 0.25) is 0 Å². The molecule has 0 aliphatic carbocycles. The third kappa shape index (κ3) is 3.19. The Balaban J connectivity index is 2.40. The topological polar surface area (TPSA) is 114 Å². The second-order valence-electron chi connectivity index (χ2n) is 7.19. The fourth-order valence-electron chi connectivity index (χ4n) is 3.24. The molecule has 28 heavy (non-hydrogen) atoms. The van der Waals surface area contributed by atoms with Crippen molar-refractivity contribution >= 4 is 23.9 Å². The lowest BCUT2D eigenvalue weighted by Crippen LogP contribution is -2.58. The molecule has 0 radical (unpaired) electrons. The predicted molar refractivity (Wildman–Crippen MR) is 93.5 cm³/mol. The molecule has 154 valence electrons. The van der Waals surface area contributed by atoms with Gasteiger partial charge in [0.2, 0.25) is 0 Å². The smallest absolute Gasteiger partial charge is 0.329 e. The number of allylic oxidation sites excluding steroid dienone is 1. The van der Waals surface area contributed by atoms with Crippen molar-refractivity contribution in [2.45, 2.75) is 45.2 Å². The number of methoxy groups -OCH3 is 2. The fourth-order valence-corrected chi connectivity index (χ4v) is 3.24. The lowest BCUT2D eigenvalue weighted by molar-refractivity contribution is -0.257. The first-order chi connectivity index (χ1) is 13.0. The molecule has 0 saturated carbocycles. The standard InChI is InChI=1S/C19H24O9/c1-7-10-19(15(22)24-5,16(23)25-6)12-9-8-11(26-12)18(4)13(20)27-17(2,3)28-14(18)21/h7-9,11-12H,1,10H2,2-6H3/t11-,12+/m0/s1. The summed E-state index contributed by atoms with van der Waals surface area (Å²) in [6.07, 6.45) is 1.73. The molecule has 0 N–H and O–H groups in total. The van der Waals surface area contributed by atoms with Gasteiger partial charge in [0.25, 0.3) is 5.79 Å². The number of rotatable bonds is 6. The number of esters is 4. The van der Waals surface area contributed by atoms with Gasteiger partial charge in [-0.05, 0) is 13.3 Å². The van der Waals surface area contributed by atoms with E-state index in [1.807, 2.05) is 0 Å². The minimum absolute atomic E-state index is 0.146. The molecule has 0 unspecified atom stereocenters. The molecule has 1 fully saturated rings. The highest BCUT2D eigenvalue weighted by Gasteiger charge is 2.62. The zero-order valence-corrected chi connectivity index (χ0v) is 16.5. The van der Waals surface area contributed by atoms with Crippen LogP contribution >= 0.6 is 0 Å². The monoisotopic (exact) mass is 396 g/mol. The quantitative estimate of drug-likeness (QED) is 0.281. The van der Waals surface area contributed by atoms with Gasteiger partial charge in [0, 0.05) is 13.8 Å². The van der Waals surface area contributed by atoms with Gasteiger partial charge in [-0.2, -0.15) is 0 Å². The van der Waals surface area contributed by atoms with Crippen LogP contribution in [0, 0.1) is 10.8 Å². The van der Waals surface area contributed by atoms with E-state index < -0.39 is 52.7 Å². The van der Waals surface area contributed by atoms with Crippen LogP contribution in [0.4, 0.5) is 0 Å². The maximum Gasteiger partial charge on any atom is 0.329 e. The second-order valence-corrected chi connectivity index (χ2v) is 7.19. The summed E-state index contributed by atoms with van der Waals surface area (Å²) in [6.45, 7) is 7.75. The summed E-state index contributed by atoms with van der Waals surface area (Å²) in [5, 5.41) is 0. The van der Waals surface area contributed by atoms with Crippen LogP contribution in [0.3, 0.4) is 0 Å². The first kappa shape index (κ1) is 21.6. The van der Waals surface area contributed by atoms with Crippen molar-refractivity contribution in [1.82, 2.24) is 0 Å². The Kier molecular flexibility index (Phi) is 5.70. The van der Waals surface area contributed by atoms with E-state index in [0.29, 0.717) is 0 Å². The summed E-state index contributed by atoms with van der Waals surface area (Å²) >= 11 is 0. The van der Waals surface area contributed by atoms with E-state index in [4.69, 9.17) is 23.7 Å². The number of carbonyl (C=O) groups is 4. The van der Waals surface area contributed by atoms with Crippen molar-refractivity contribution < 1.29 is 42.9 Å². The average molecular weight is 396 g/mol. The third-order valence-electron chi connectivity index (χ3n) is 4.90.